The van der Waals surface area contributed by atoms with Gasteiger partial charge in [0.05, 0.1) is 17.1 Å². The summed E-state index contributed by atoms with van der Waals surface area (Å²) < 4.78 is 17.6. The van der Waals surface area contributed by atoms with Crippen LogP contribution >= 0.6 is 0 Å². The number of rotatable bonds is 4. The second-order valence-corrected chi connectivity index (χ2v) is 12.3. The van der Waals surface area contributed by atoms with Crippen LogP contribution < -0.4 is 14.9 Å². The van der Waals surface area contributed by atoms with E-state index in [-0.39, 0.29) is 63.5 Å². The minimum Gasteiger partial charge on any atom is -0.508 e. The number of benzene rings is 4. The first-order chi connectivity index (χ1) is 24.6. The molecule has 2 aliphatic heterocycles. The Morgan fingerprint density at radius 2 is 1.17 bits per heavy atom. The Bertz CT molecular complexity index is 2370. The fraction of sp³-hybridized carbons (Fsp3) is 0.167. The number of aliphatic hydroxyl groups is 1. The first-order valence-electron chi connectivity index (χ1n) is 15.4. The Balaban J connectivity index is 1.38. The summed E-state index contributed by atoms with van der Waals surface area (Å²) in [6.07, 6.45) is -6.34. The Hall–Kier alpha value is -6.94. The van der Waals surface area contributed by atoms with Gasteiger partial charge in [-0.05, 0) is 23.6 Å². The molecule has 5 aromatic rings. The number of ether oxygens (including phenoxy) is 3. The maximum Gasteiger partial charge on any atom is 0.338 e. The number of hydrogen-bond acceptors (Lipinski definition) is 16. The van der Waals surface area contributed by atoms with Crippen molar-refractivity contribution in [2.24, 2.45) is 0 Å². The number of esters is 1. The molecular weight excluding hydrogens is 688 g/mol. The van der Waals surface area contributed by atoms with E-state index in [2.05, 4.69) is 0 Å². The van der Waals surface area contributed by atoms with E-state index in [1.165, 1.54) is 18.2 Å². The lowest BCUT2D eigenvalue weighted by molar-refractivity contribution is -0.0195. The summed E-state index contributed by atoms with van der Waals surface area (Å²) in [5.74, 6) is -8.29. The van der Waals surface area contributed by atoms with E-state index in [0.29, 0.717) is 0 Å². The molecule has 0 saturated heterocycles. The molecule has 268 valence electrons. The van der Waals surface area contributed by atoms with Crippen LogP contribution in [0.25, 0.3) is 10.8 Å². The molecule has 0 aliphatic carbocycles. The van der Waals surface area contributed by atoms with Crippen LogP contribution in [-0.4, -0.2) is 74.3 Å². The largest absolute Gasteiger partial charge is 0.508 e. The van der Waals surface area contributed by atoms with Crippen molar-refractivity contribution < 1.29 is 75.2 Å². The Morgan fingerprint density at radius 1 is 0.615 bits per heavy atom. The topological polar surface area (TPSA) is 284 Å². The molecule has 0 radical (unpaired) electrons. The summed E-state index contributed by atoms with van der Waals surface area (Å²) >= 11 is 0. The minimum absolute atomic E-state index is 0.0135. The summed E-state index contributed by atoms with van der Waals surface area (Å²) in [5, 5.41) is 114. The summed E-state index contributed by atoms with van der Waals surface area (Å²) in [7, 11) is 0. The van der Waals surface area contributed by atoms with Gasteiger partial charge in [0.15, 0.2) is 46.7 Å². The number of carbonyl (C=O) groups is 1. The van der Waals surface area contributed by atoms with Gasteiger partial charge in [-0.2, -0.15) is 0 Å². The van der Waals surface area contributed by atoms with E-state index in [4.69, 9.17) is 14.2 Å². The van der Waals surface area contributed by atoms with Gasteiger partial charge in [-0.3, -0.25) is 4.79 Å². The lowest BCUT2D eigenvalue weighted by Crippen LogP contribution is -2.35. The molecule has 7 rings (SSSR count). The van der Waals surface area contributed by atoms with Crippen molar-refractivity contribution in [1.82, 2.24) is 0 Å². The van der Waals surface area contributed by atoms with Crippen molar-refractivity contribution in [2.75, 3.05) is 0 Å². The van der Waals surface area contributed by atoms with E-state index in [9.17, 15) is 65.8 Å². The maximum atomic E-state index is 14.0. The molecule has 5 aromatic carbocycles. The van der Waals surface area contributed by atoms with Crippen LogP contribution in [0.15, 0.2) is 59.4 Å². The maximum absolute atomic E-state index is 14.0. The molecule has 16 nitrogen and oxygen atoms in total. The highest BCUT2D eigenvalue weighted by molar-refractivity contribution is 5.94. The molecule has 0 aromatic heterocycles. The van der Waals surface area contributed by atoms with E-state index < -0.39 is 92.8 Å². The third-order valence-electron chi connectivity index (χ3n) is 9.03. The summed E-state index contributed by atoms with van der Waals surface area (Å²) in [4.78, 5) is 27.3. The van der Waals surface area contributed by atoms with E-state index >= 15 is 0 Å². The van der Waals surface area contributed by atoms with E-state index in [0.717, 1.165) is 36.4 Å². The number of aliphatic hydroxyl groups excluding tert-OH is 1. The number of hydrogen-bond donors (Lipinski definition) is 11. The van der Waals surface area contributed by atoms with Crippen molar-refractivity contribution in [3.05, 3.63) is 92.6 Å². The van der Waals surface area contributed by atoms with Gasteiger partial charge in [-0.15, -0.1) is 0 Å². The molecule has 2 heterocycles. The number of carbonyl (C=O) groups excluding carboxylic acids is 1. The second-order valence-electron chi connectivity index (χ2n) is 12.3. The van der Waals surface area contributed by atoms with Gasteiger partial charge in [-0.1, -0.05) is 12.1 Å². The first-order valence-corrected chi connectivity index (χ1v) is 15.4. The monoisotopic (exact) mass is 716 g/mol. The molecule has 0 amide bonds. The highest BCUT2D eigenvalue weighted by Crippen LogP contribution is 2.48. The molecule has 0 saturated carbocycles. The molecule has 2 aliphatic rings. The summed E-state index contributed by atoms with van der Waals surface area (Å²) in [5.41, 5.74) is -1.85. The third-order valence-corrected chi connectivity index (χ3v) is 9.03. The highest BCUT2D eigenvalue weighted by Gasteiger charge is 2.39. The lowest BCUT2D eigenvalue weighted by atomic mass is 9.91. The number of phenolic OH excluding ortho intramolecular Hbond substituents is 9. The Kier molecular flexibility index (Phi) is 7.83. The summed E-state index contributed by atoms with van der Waals surface area (Å²) in [6.45, 7) is 0. The fourth-order valence-electron chi connectivity index (χ4n) is 6.54. The van der Waals surface area contributed by atoms with Crippen LogP contribution in [0.3, 0.4) is 0 Å². The average Bonchev–Trinajstić information content (AvgIpc) is 3.21. The molecule has 0 fully saturated rings. The van der Waals surface area contributed by atoms with Crippen molar-refractivity contribution >= 4 is 16.7 Å². The van der Waals surface area contributed by atoms with Gasteiger partial charge in [-0.25, -0.2) is 4.79 Å². The predicted molar refractivity (Wildman–Crippen MR) is 176 cm³/mol. The zero-order valence-electron chi connectivity index (χ0n) is 26.4. The average molecular weight is 717 g/mol. The molecule has 0 bridgehead atoms. The highest BCUT2D eigenvalue weighted by atomic mass is 16.6. The third kappa shape index (κ3) is 5.47. The van der Waals surface area contributed by atoms with Crippen LogP contribution in [0.4, 0.5) is 0 Å². The SMILES string of the molecule is O=C(O[C@@H]1Cc2c(O)cc(O)cc2O[C@@H]1c1ccc2c([C@H]3Oc4cc(O)cc(O)c4C[C@H]3O)cc(O)c(O)c2c(=O)c1O)c1cc(O)c(O)c(O)c1. The van der Waals surface area contributed by atoms with Gasteiger partial charge in [0.1, 0.15) is 40.6 Å². The molecule has 16 heteroatoms. The van der Waals surface area contributed by atoms with Crippen LogP contribution in [0.5, 0.6) is 69.0 Å². The fourth-order valence-corrected chi connectivity index (χ4v) is 6.54. The van der Waals surface area contributed by atoms with Crippen molar-refractivity contribution in [3.63, 3.8) is 0 Å². The van der Waals surface area contributed by atoms with Gasteiger partial charge in [0.2, 0.25) is 5.43 Å². The van der Waals surface area contributed by atoms with Crippen LogP contribution in [0.2, 0.25) is 0 Å². The van der Waals surface area contributed by atoms with Crippen LogP contribution in [0, 0.1) is 0 Å². The normalized spacial score (nSPS) is 19.2. The summed E-state index contributed by atoms with van der Waals surface area (Å²) in [6, 6.07) is 9.43. The Morgan fingerprint density at radius 3 is 1.79 bits per heavy atom. The molecule has 0 unspecified atom stereocenters. The van der Waals surface area contributed by atoms with Gasteiger partial charge >= 0.3 is 5.97 Å². The Labute approximate surface area is 290 Å². The van der Waals surface area contributed by atoms with Gasteiger partial charge < -0.3 is 70.4 Å². The van der Waals surface area contributed by atoms with Gasteiger partial charge in [0, 0.05) is 59.4 Å². The zero-order chi connectivity index (χ0) is 37.3. The molecular formula is C36H28O16. The number of phenols is 9. The van der Waals surface area contributed by atoms with Crippen LogP contribution in [0.1, 0.15) is 44.8 Å². The lowest BCUT2D eigenvalue weighted by Gasteiger charge is -2.33. The smallest absolute Gasteiger partial charge is 0.338 e. The first kappa shape index (κ1) is 33.6. The molecule has 0 spiro atoms. The number of aromatic hydroxyl groups is 10. The van der Waals surface area contributed by atoms with Crippen LogP contribution in [-0.2, 0) is 17.6 Å². The van der Waals surface area contributed by atoms with Crippen molar-refractivity contribution in [1.29, 1.82) is 0 Å². The number of fused-ring (bicyclic) bond motifs is 3. The molecule has 4 atom stereocenters. The molecule has 11 N–H and O–H groups in total. The predicted octanol–water partition coefficient (Wildman–Crippen LogP) is 3.19. The zero-order valence-corrected chi connectivity index (χ0v) is 26.4. The van der Waals surface area contributed by atoms with Crippen molar-refractivity contribution in [2.45, 2.75) is 37.3 Å². The second kappa shape index (κ2) is 12.1. The van der Waals surface area contributed by atoms with Gasteiger partial charge in [0.25, 0.3) is 0 Å². The van der Waals surface area contributed by atoms with E-state index in [1.54, 1.807) is 0 Å². The quantitative estimate of drug-likeness (QED) is 0.0940. The standard InChI is InChI=1S/C36H28O16/c37-13-5-20(39)18-10-25(44)34(50-26(18)7-13)17-9-24(43)32(47)29-15(17)1-2-16(30(45)33(29)48)35-28(11-19-21(40)6-14(38)8-27(19)51-35)52-36(49)12-3-22(41)31(46)23(42)4-12/h1-9,25,28,34-35,37-44,46-47H,10-11H2,(H,45,48)/t25-,28-,34-,35-/m1/s1. The van der Waals surface area contributed by atoms with E-state index in [1.807, 2.05) is 0 Å². The minimum atomic E-state index is -1.58. The van der Waals surface area contributed by atoms with Crippen molar-refractivity contribution in [3.8, 4) is 69.0 Å². The molecule has 52 heavy (non-hydrogen) atoms.